The second-order valence-corrected chi connectivity index (χ2v) is 4.75. The highest BCUT2D eigenvalue weighted by molar-refractivity contribution is 5.88. The molecule has 0 atom stereocenters. The van der Waals surface area contributed by atoms with Crippen molar-refractivity contribution in [3.05, 3.63) is 23.2 Å². The monoisotopic (exact) mass is 297 g/mol. The van der Waals surface area contributed by atoms with Crippen molar-refractivity contribution in [1.82, 2.24) is 16.0 Å². The van der Waals surface area contributed by atoms with Gasteiger partial charge in [0, 0.05) is 6.04 Å². The Morgan fingerprint density at radius 3 is 2.48 bits per heavy atom. The van der Waals surface area contributed by atoms with E-state index in [9.17, 15) is 14.4 Å². The van der Waals surface area contributed by atoms with Crippen LogP contribution in [0.5, 0.6) is 0 Å². The third kappa shape index (κ3) is 5.55. The topological polar surface area (TPSA) is 121 Å². The van der Waals surface area contributed by atoms with Gasteiger partial charge in [-0.3, -0.25) is 4.79 Å². The number of furan rings is 1. The highest BCUT2D eigenvalue weighted by Gasteiger charge is 2.14. The summed E-state index contributed by atoms with van der Waals surface area (Å²) in [6, 6.07) is 0.811. The van der Waals surface area contributed by atoms with Gasteiger partial charge in [-0.15, -0.1) is 0 Å². The number of carboxylic acid groups (broad SMARTS) is 1. The van der Waals surface area contributed by atoms with Crippen molar-refractivity contribution in [3.63, 3.8) is 0 Å². The molecule has 21 heavy (non-hydrogen) atoms. The second-order valence-electron chi connectivity index (χ2n) is 4.75. The lowest BCUT2D eigenvalue weighted by Crippen LogP contribution is -2.43. The Morgan fingerprint density at radius 1 is 1.29 bits per heavy atom. The number of carbonyl (C=O) groups is 3. The zero-order valence-electron chi connectivity index (χ0n) is 12.1. The molecule has 4 N–H and O–H groups in total. The average Bonchev–Trinajstić information content (AvgIpc) is 2.74. The second kappa shape index (κ2) is 7.32. The van der Waals surface area contributed by atoms with Crippen LogP contribution in [0.3, 0.4) is 0 Å². The van der Waals surface area contributed by atoms with Crippen LogP contribution in [0.4, 0.5) is 4.79 Å². The van der Waals surface area contributed by atoms with E-state index in [1.165, 1.54) is 13.0 Å². The van der Waals surface area contributed by atoms with Gasteiger partial charge in [-0.05, 0) is 26.8 Å². The normalized spacial score (nSPS) is 10.3. The van der Waals surface area contributed by atoms with Crippen LogP contribution in [0, 0.1) is 6.92 Å². The summed E-state index contributed by atoms with van der Waals surface area (Å²) in [5.41, 5.74) is 0.0588. The molecule has 0 radical (unpaired) electrons. The Kier molecular flexibility index (Phi) is 5.77. The molecule has 0 bridgehead atoms. The molecule has 1 rings (SSSR count). The summed E-state index contributed by atoms with van der Waals surface area (Å²) >= 11 is 0. The number of aromatic carboxylic acids is 1. The van der Waals surface area contributed by atoms with Crippen molar-refractivity contribution in [3.8, 4) is 0 Å². The van der Waals surface area contributed by atoms with Crippen molar-refractivity contribution >= 4 is 17.9 Å². The molecule has 0 aromatic carbocycles. The van der Waals surface area contributed by atoms with E-state index in [0.717, 1.165) is 0 Å². The van der Waals surface area contributed by atoms with Crippen molar-refractivity contribution in [2.75, 3.05) is 6.54 Å². The molecule has 0 unspecified atom stereocenters. The van der Waals surface area contributed by atoms with Crippen molar-refractivity contribution in [1.29, 1.82) is 0 Å². The Bertz CT molecular complexity index is 536. The lowest BCUT2D eigenvalue weighted by atomic mass is 10.2. The minimum atomic E-state index is -1.09. The molecule has 1 aromatic heterocycles. The van der Waals surface area contributed by atoms with E-state index >= 15 is 0 Å². The van der Waals surface area contributed by atoms with Gasteiger partial charge in [0.25, 0.3) is 0 Å². The van der Waals surface area contributed by atoms with Gasteiger partial charge in [0.15, 0.2) is 0 Å². The van der Waals surface area contributed by atoms with E-state index in [1.54, 1.807) is 0 Å². The molecule has 0 fully saturated rings. The summed E-state index contributed by atoms with van der Waals surface area (Å²) in [5.74, 6) is -0.776. The third-order valence-electron chi connectivity index (χ3n) is 2.48. The van der Waals surface area contributed by atoms with Gasteiger partial charge in [-0.1, -0.05) is 0 Å². The number of hydrogen-bond acceptors (Lipinski definition) is 4. The highest BCUT2D eigenvalue weighted by Crippen LogP contribution is 2.14. The Morgan fingerprint density at radius 2 is 1.95 bits per heavy atom. The van der Waals surface area contributed by atoms with Gasteiger partial charge in [0.05, 0.1) is 13.1 Å². The molecule has 3 amide bonds. The maximum absolute atomic E-state index is 11.5. The first-order valence-electron chi connectivity index (χ1n) is 6.43. The minimum Gasteiger partial charge on any atom is -0.478 e. The number of urea groups is 1. The molecule has 0 saturated carbocycles. The molecular weight excluding hydrogens is 278 g/mol. The number of rotatable bonds is 6. The molecule has 1 aromatic rings. The molecular formula is C13H19N3O5. The van der Waals surface area contributed by atoms with Gasteiger partial charge in [-0.25, -0.2) is 9.59 Å². The van der Waals surface area contributed by atoms with Gasteiger partial charge in [0.2, 0.25) is 5.91 Å². The standard InChI is InChI=1S/C13H19N3O5/c1-7(2)16-11(17)6-15-13(20)14-5-9-4-10(12(18)19)8(3)21-9/h4,7H,5-6H2,1-3H3,(H,16,17)(H,18,19)(H2,14,15,20). The van der Waals surface area contributed by atoms with Crippen molar-refractivity contribution in [2.45, 2.75) is 33.4 Å². The molecule has 1 heterocycles. The average molecular weight is 297 g/mol. The fraction of sp³-hybridized carbons (Fsp3) is 0.462. The first-order valence-corrected chi connectivity index (χ1v) is 6.43. The quantitative estimate of drug-likeness (QED) is 0.613. The van der Waals surface area contributed by atoms with E-state index in [-0.39, 0.29) is 36.4 Å². The van der Waals surface area contributed by atoms with Gasteiger partial charge in [-0.2, -0.15) is 0 Å². The summed E-state index contributed by atoms with van der Waals surface area (Å²) in [7, 11) is 0. The van der Waals surface area contributed by atoms with Crippen LogP contribution in [-0.2, 0) is 11.3 Å². The molecule has 0 aliphatic carbocycles. The molecule has 8 nitrogen and oxygen atoms in total. The first kappa shape index (κ1) is 16.5. The maximum Gasteiger partial charge on any atom is 0.339 e. The summed E-state index contributed by atoms with van der Waals surface area (Å²) in [6.45, 7) is 5.06. The van der Waals surface area contributed by atoms with E-state index in [2.05, 4.69) is 16.0 Å². The van der Waals surface area contributed by atoms with Crippen LogP contribution >= 0.6 is 0 Å². The Hall–Kier alpha value is -2.51. The SMILES string of the molecule is Cc1oc(CNC(=O)NCC(=O)NC(C)C)cc1C(=O)O. The lowest BCUT2D eigenvalue weighted by Gasteiger charge is -2.09. The van der Waals surface area contributed by atoms with Gasteiger partial charge < -0.3 is 25.5 Å². The van der Waals surface area contributed by atoms with Crippen LogP contribution in [0.2, 0.25) is 0 Å². The molecule has 0 aliphatic heterocycles. The zero-order chi connectivity index (χ0) is 16.0. The van der Waals surface area contributed by atoms with E-state index in [4.69, 9.17) is 9.52 Å². The number of carbonyl (C=O) groups excluding carboxylic acids is 2. The van der Waals surface area contributed by atoms with E-state index in [0.29, 0.717) is 5.76 Å². The summed E-state index contributed by atoms with van der Waals surface area (Å²) in [6.07, 6.45) is 0. The maximum atomic E-state index is 11.5. The fourth-order valence-electron chi connectivity index (χ4n) is 1.61. The summed E-state index contributed by atoms with van der Waals surface area (Å²) in [5, 5.41) is 16.4. The van der Waals surface area contributed by atoms with Crippen molar-refractivity contribution in [2.24, 2.45) is 0 Å². The third-order valence-corrected chi connectivity index (χ3v) is 2.48. The summed E-state index contributed by atoms with van der Waals surface area (Å²) in [4.78, 5) is 33.6. The predicted octanol–water partition coefficient (Wildman–Crippen LogP) is 0.610. The zero-order valence-corrected chi connectivity index (χ0v) is 12.1. The first-order chi connectivity index (χ1) is 9.79. The molecule has 0 aliphatic rings. The molecule has 0 spiro atoms. The van der Waals surface area contributed by atoms with Gasteiger partial charge >= 0.3 is 12.0 Å². The number of carboxylic acids is 1. The Balaban J connectivity index is 2.38. The Labute approximate surface area is 121 Å². The van der Waals surface area contributed by atoms with Crippen LogP contribution < -0.4 is 16.0 Å². The minimum absolute atomic E-state index is 0.00268. The van der Waals surface area contributed by atoms with Crippen LogP contribution in [0.15, 0.2) is 10.5 Å². The van der Waals surface area contributed by atoms with Crippen LogP contribution in [0.25, 0.3) is 0 Å². The number of hydrogen-bond donors (Lipinski definition) is 4. The van der Waals surface area contributed by atoms with Crippen molar-refractivity contribution < 1.29 is 23.9 Å². The largest absolute Gasteiger partial charge is 0.478 e. The fourth-order valence-corrected chi connectivity index (χ4v) is 1.61. The van der Waals surface area contributed by atoms with E-state index < -0.39 is 12.0 Å². The smallest absolute Gasteiger partial charge is 0.339 e. The predicted molar refractivity (Wildman–Crippen MR) is 73.9 cm³/mol. The lowest BCUT2D eigenvalue weighted by molar-refractivity contribution is -0.120. The van der Waals surface area contributed by atoms with E-state index in [1.807, 2.05) is 13.8 Å². The van der Waals surface area contributed by atoms with Gasteiger partial charge in [0.1, 0.15) is 17.1 Å². The molecule has 8 heteroatoms. The number of amides is 3. The number of nitrogens with one attached hydrogen (secondary N) is 3. The highest BCUT2D eigenvalue weighted by atomic mass is 16.4. The van der Waals surface area contributed by atoms with Crippen LogP contribution in [0.1, 0.15) is 35.7 Å². The number of aryl methyl sites for hydroxylation is 1. The molecule has 0 saturated heterocycles. The molecule has 116 valence electrons. The van der Waals surface area contributed by atoms with Crippen LogP contribution in [-0.4, -0.2) is 35.6 Å². The summed E-state index contributed by atoms with van der Waals surface area (Å²) < 4.78 is 5.20.